The number of nitrogens with zero attached hydrogens (tertiary/aromatic N) is 5. The smallest absolute Gasteiger partial charge is 0.337 e. The van der Waals surface area contributed by atoms with E-state index in [0.717, 1.165) is 43.1 Å². The van der Waals surface area contributed by atoms with E-state index in [1.54, 1.807) is 20.0 Å². The highest BCUT2D eigenvalue weighted by molar-refractivity contribution is 5.93. The molecule has 0 aromatic carbocycles. The molecule has 0 bridgehead atoms. The maximum absolute atomic E-state index is 13.8. The first-order chi connectivity index (χ1) is 18.5. The largest absolute Gasteiger partial charge is 0.478 e. The molecule has 0 atom stereocenters. The lowest BCUT2D eigenvalue weighted by Crippen LogP contribution is -2.61. The summed E-state index contributed by atoms with van der Waals surface area (Å²) in [5.74, 6) is 1.19. The Morgan fingerprint density at radius 1 is 1.18 bits per heavy atom. The van der Waals surface area contributed by atoms with Crippen molar-refractivity contribution in [3.8, 4) is 0 Å². The molecular formula is C29H42N6O4. The lowest BCUT2D eigenvalue weighted by atomic mass is 9.95. The van der Waals surface area contributed by atoms with E-state index in [2.05, 4.69) is 34.0 Å². The second-order valence-electron chi connectivity index (χ2n) is 11.7. The summed E-state index contributed by atoms with van der Waals surface area (Å²) in [6.07, 6.45) is 4.36. The third kappa shape index (κ3) is 6.49. The Balaban J connectivity index is 1.54. The number of nitrogens with one attached hydrogen (secondary N) is 1. The van der Waals surface area contributed by atoms with Crippen LogP contribution in [-0.4, -0.2) is 81.8 Å². The van der Waals surface area contributed by atoms with Crippen LogP contribution in [0.2, 0.25) is 0 Å². The number of pyridine rings is 1. The summed E-state index contributed by atoms with van der Waals surface area (Å²) < 4.78 is 5.57. The lowest BCUT2D eigenvalue weighted by Gasteiger charge is -2.47. The van der Waals surface area contributed by atoms with Crippen molar-refractivity contribution in [3.63, 3.8) is 0 Å². The molecule has 2 aromatic rings. The monoisotopic (exact) mass is 538 g/mol. The molecular weight excluding hydrogens is 496 g/mol. The molecule has 2 aliphatic rings. The summed E-state index contributed by atoms with van der Waals surface area (Å²) in [5.41, 5.74) is 2.14. The van der Waals surface area contributed by atoms with Crippen molar-refractivity contribution < 1.29 is 19.4 Å². The van der Waals surface area contributed by atoms with Gasteiger partial charge >= 0.3 is 5.97 Å². The van der Waals surface area contributed by atoms with Crippen LogP contribution in [0.4, 0.5) is 11.6 Å². The molecule has 0 spiro atoms. The Kier molecular flexibility index (Phi) is 8.73. The number of carbonyl (C=O) groups is 2. The van der Waals surface area contributed by atoms with Crippen molar-refractivity contribution in [2.24, 2.45) is 5.92 Å². The van der Waals surface area contributed by atoms with Gasteiger partial charge in [-0.15, -0.1) is 0 Å². The van der Waals surface area contributed by atoms with Gasteiger partial charge in [0.2, 0.25) is 0 Å². The van der Waals surface area contributed by atoms with E-state index < -0.39 is 11.5 Å². The molecule has 1 amide bonds. The molecule has 4 rings (SSSR count). The van der Waals surface area contributed by atoms with Gasteiger partial charge < -0.3 is 25.0 Å². The van der Waals surface area contributed by atoms with Crippen LogP contribution in [0.3, 0.4) is 0 Å². The number of carbonyl (C=O) groups excluding carboxylic acids is 1. The van der Waals surface area contributed by atoms with Crippen LogP contribution in [0.25, 0.3) is 0 Å². The number of aromatic carboxylic acids is 1. The van der Waals surface area contributed by atoms with Gasteiger partial charge in [-0.3, -0.25) is 4.79 Å². The highest BCUT2D eigenvalue weighted by atomic mass is 16.5. The fourth-order valence-corrected chi connectivity index (χ4v) is 5.54. The third-order valence-electron chi connectivity index (χ3n) is 7.71. The van der Waals surface area contributed by atoms with Crippen LogP contribution in [0.1, 0.15) is 90.7 Å². The van der Waals surface area contributed by atoms with E-state index in [0.29, 0.717) is 55.7 Å². The molecule has 10 heteroatoms. The number of aromatic nitrogens is 3. The molecule has 2 aliphatic heterocycles. The summed E-state index contributed by atoms with van der Waals surface area (Å²) in [4.78, 5) is 43.6. The first-order valence-corrected chi connectivity index (χ1v) is 13.9. The number of amides is 1. The van der Waals surface area contributed by atoms with Crippen LogP contribution >= 0.6 is 0 Å². The number of aryl methyl sites for hydroxylation is 2. The van der Waals surface area contributed by atoms with Crippen LogP contribution in [0.15, 0.2) is 12.3 Å². The zero-order valence-electron chi connectivity index (χ0n) is 24.1. The van der Waals surface area contributed by atoms with E-state index in [1.807, 2.05) is 24.8 Å². The number of hydrogen-bond acceptors (Lipinski definition) is 8. The fourth-order valence-electron chi connectivity index (χ4n) is 5.54. The lowest BCUT2D eigenvalue weighted by molar-refractivity contribution is 0.0505. The minimum Gasteiger partial charge on any atom is -0.478 e. The fraction of sp³-hybridized carbons (Fsp3) is 0.621. The Morgan fingerprint density at radius 3 is 2.51 bits per heavy atom. The van der Waals surface area contributed by atoms with Crippen LogP contribution in [0, 0.1) is 19.8 Å². The molecule has 10 nitrogen and oxygen atoms in total. The van der Waals surface area contributed by atoms with Crippen molar-refractivity contribution in [1.82, 2.24) is 19.9 Å². The maximum Gasteiger partial charge on any atom is 0.337 e. The SMILES string of the molecule is Cc1cc(N2CCN(C(=O)c3cnc(NCCC(C)C)c(C4CCOCC4)n3)C(C)(C)C2)nc(C)c1C(=O)O. The number of hydrogen-bond donors (Lipinski definition) is 2. The minimum atomic E-state index is -0.970. The van der Waals surface area contributed by atoms with Crippen molar-refractivity contribution >= 4 is 23.5 Å². The average molecular weight is 539 g/mol. The van der Waals surface area contributed by atoms with Crippen molar-refractivity contribution in [2.75, 3.05) is 49.6 Å². The first kappa shape index (κ1) is 28.7. The first-order valence-electron chi connectivity index (χ1n) is 13.9. The summed E-state index contributed by atoms with van der Waals surface area (Å²) >= 11 is 0. The third-order valence-corrected chi connectivity index (χ3v) is 7.71. The van der Waals surface area contributed by atoms with Crippen molar-refractivity contribution in [3.05, 3.63) is 40.5 Å². The average Bonchev–Trinajstić information content (AvgIpc) is 2.87. The molecule has 0 saturated carbocycles. The van der Waals surface area contributed by atoms with Gasteiger partial charge in [-0.1, -0.05) is 13.8 Å². The highest BCUT2D eigenvalue weighted by Gasteiger charge is 2.39. The zero-order chi connectivity index (χ0) is 28.3. The highest BCUT2D eigenvalue weighted by Crippen LogP contribution is 2.32. The number of rotatable bonds is 8. The number of carboxylic acid groups (broad SMARTS) is 1. The summed E-state index contributed by atoms with van der Waals surface area (Å²) in [6.45, 7) is 15.8. The van der Waals surface area contributed by atoms with Gasteiger partial charge in [0.15, 0.2) is 0 Å². The Labute approximate surface area is 231 Å². The predicted molar refractivity (Wildman–Crippen MR) is 151 cm³/mol. The molecule has 212 valence electrons. The Morgan fingerprint density at radius 2 is 1.90 bits per heavy atom. The maximum atomic E-state index is 13.8. The van der Waals surface area contributed by atoms with Gasteiger partial charge in [0, 0.05) is 45.3 Å². The topological polar surface area (TPSA) is 121 Å². The Hall–Kier alpha value is -3.27. The van der Waals surface area contributed by atoms with Gasteiger partial charge in [0.05, 0.1) is 28.7 Å². The quantitative estimate of drug-likeness (QED) is 0.507. The Bertz CT molecular complexity index is 1190. The van der Waals surface area contributed by atoms with Crippen molar-refractivity contribution in [2.45, 2.75) is 72.3 Å². The molecule has 2 fully saturated rings. The van der Waals surface area contributed by atoms with Gasteiger partial charge in [-0.05, 0) is 64.5 Å². The van der Waals surface area contributed by atoms with E-state index in [4.69, 9.17) is 9.72 Å². The molecule has 2 N–H and O–H groups in total. The standard InChI is InChI=1S/C29H42N6O4/c1-18(2)7-10-30-26-25(21-8-13-39-14-9-21)33-22(16-31-26)27(36)35-12-11-34(17-29(35,5)6)23-15-19(3)24(28(37)38)20(4)32-23/h15-16,18,21H,7-14,17H2,1-6H3,(H,30,31)(H,37,38). The van der Waals surface area contributed by atoms with Gasteiger partial charge in [0.25, 0.3) is 5.91 Å². The molecule has 2 aromatic heterocycles. The van der Waals surface area contributed by atoms with E-state index in [1.165, 1.54) is 0 Å². The molecule has 0 radical (unpaired) electrons. The second-order valence-corrected chi connectivity index (χ2v) is 11.7. The molecule has 0 aliphatic carbocycles. The number of anilines is 2. The van der Waals surface area contributed by atoms with Crippen LogP contribution < -0.4 is 10.2 Å². The van der Waals surface area contributed by atoms with Crippen LogP contribution in [0.5, 0.6) is 0 Å². The number of ether oxygens (including phenoxy) is 1. The minimum absolute atomic E-state index is 0.129. The van der Waals surface area contributed by atoms with Gasteiger partial charge in [-0.2, -0.15) is 0 Å². The van der Waals surface area contributed by atoms with Crippen LogP contribution in [-0.2, 0) is 4.74 Å². The van der Waals surface area contributed by atoms with E-state index >= 15 is 0 Å². The summed E-state index contributed by atoms with van der Waals surface area (Å²) in [7, 11) is 0. The number of carboxylic acids is 1. The second kappa shape index (κ2) is 11.9. The summed E-state index contributed by atoms with van der Waals surface area (Å²) in [6, 6.07) is 1.82. The zero-order valence-corrected chi connectivity index (χ0v) is 24.1. The molecule has 4 heterocycles. The molecule has 0 unspecified atom stereocenters. The molecule has 2 saturated heterocycles. The normalized spacial score (nSPS) is 17.9. The van der Waals surface area contributed by atoms with Crippen molar-refractivity contribution in [1.29, 1.82) is 0 Å². The van der Waals surface area contributed by atoms with Gasteiger partial charge in [0.1, 0.15) is 17.3 Å². The predicted octanol–water partition coefficient (Wildman–Crippen LogP) is 4.28. The van der Waals surface area contributed by atoms with E-state index in [9.17, 15) is 14.7 Å². The summed E-state index contributed by atoms with van der Waals surface area (Å²) in [5, 5.41) is 13.0. The van der Waals surface area contributed by atoms with Gasteiger partial charge in [-0.25, -0.2) is 19.7 Å². The number of piperazine rings is 1. The van der Waals surface area contributed by atoms with E-state index in [-0.39, 0.29) is 17.4 Å². The molecule has 39 heavy (non-hydrogen) atoms.